The minimum atomic E-state index is -0.349. The summed E-state index contributed by atoms with van der Waals surface area (Å²) in [5.74, 6) is 0.354. The van der Waals surface area contributed by atoms with Crippen LogP contribution in [0.3, 0.4) is 0 Å². The maximum atomic E-state index is 11.4. The van der Waals surface area contributed by atoms with Gasteiger partial charge in [-0.25, -0.2) is 4.79 Å². The maximum absolute atomic E-state index is 11.4. The van der Waals surface area contributed by atoms with Crippen LogP contribution in [-0.2, 0) is 9.53 Å². The second-order valence-electron chi connectivity index (χ2n) is 3.82. The fourth-order valence-electron chi connectivity index (χ4n) is 1.81. The molecule has 0 fully saturated rings. The van der Waals surface area contributed by atoms with Crippen molar-refractivity contribution in [2.45, 2.75) is 13.0 Å². The molecule has 1 aromatic heterocycles. The summed E-state index contributed by atoms with van der Waals surface area (Å²) in [5.41, 5.74) is 1.26. The summed E-state index contributed by atoms with van der Waals surface area (Å²) in [6.07, 6.45) is 0. The summed E-state index contributed by atoms with van der Waals surface area (Å²) in [4.78, 5) is 15.5. The SMILES string of the molecule is CCOC(=O)C1=NC1c1cc2ccccc2o1. The van der Waals surface area contributed by atoms with E-state index in [4.69, 9.17) is 9.15 Å². The molecule has 0 spiro atoms. The molecule has 4 heteroatoms. The number of hydrogen-bond donors (Lipinski definition) is 0. The second-order valence-corrected chi connectivity index (χ2v) is 3.82. The van der Waals surface area contributed by atoms with Gasteiger partial charge in [-0.2, -0.15) is 0 Å². The first-order valence-corrected chi connectivity index (χ1v) is 5.53. The Balaban J connectivity index is 1.81. The molecule has 0 radical (unpaired) electrons. The first-order chi connectivity index (χ1) is 8.29. The Hall–Kier alpha value is -2.10. The number of furan rings is 1. The van der Waals surface area contributed by atoms with E-state index in [1.165, 1.54) is 0 Å². The number of aliphatic imine (C=N–C) groups is 1. The predicted octanol–water partition coefficient (Wildman–Crippen LogP) is 2.49. The zero-order valence-corrected chi connectivity index (χ0v) is 9.34. The van der Waals surface area contributed by atoms with Crippen molar-refractivity contribution in [2.24, 2.45) is 4.99 Å². The van der Waals surface area contributed by atoms with Crippen molar-refractivity contribution in [1.82, 2.24) is 0 Å². The lowest BCUT2D eigenvalue weighted by atomic mass is 10.2. The highest BCUT2D eigenvalue weighted by Crippen LogP contribution is 2.35. The van der Waals surface area contributed by atoms with E-state index in [0.717, 1.165) is 11.0 Å². The smallest absolute Gasteiger partial charge is 0.355 e. The van der Waals surface area contributed by atoms with E-state index in [0.29, 0.717) is 18.1 Å². The van der Waals surface area contributed by atoms with Crippen LogP contribution in [-0.4, -0.2) is 18.3 Å². The van der Waals surface area contributed by atoms with E-state index >= 15 is 0 Å². The molecule has 0 saturated carbocycles. The summed E-state index contributed by atoms with van der Waals surface area (Å²) in [5, 5.41) is 1.02. The summed E-state index contributed by atoms with van der Waals surface area (Å²) < 4.78 is 10.5. The van der Waals surface area contributed by atoms with Gasteiger partial charge < -0.3 is 9.15 Å². The highest BCUT2D eigenvalue weighted by atomic mass is 16.5. The Labute approximate surface area is 97.9 Å². The summed E-state index contributed by atoms with van der Waals surface area (Å²) in [7, 11) is 0. The lowest BCUT2D eigenvalue weighted by Crippen LogP contribution is -2.11. The molecule has 1 atom stereocenters. The molecule has 0 N–H and O–H groups in total. The van der Waals surface area contributed by atoms with Crippen LogP contribution >= 0.6 is 0 Å². The number of hydrogen-bond acceptors (Lipinski definition) is 4. The van der Waals surface area contributed by atoms with Gasteiger partial charge in [0, 0.05) is 5.39 Å². The molecule has 4 nitrogen and oxygen atoms in total. The topological polar surface area (TPSA) is 51.8 Å². The van der Waals surface area contributed by atoms with Crippen molar-refractivity contribution in [3.63, 3.8) is 0 Å². The molecule has 3 rings (SSSR count). The van der Waals surface area contributed by atoms with Crippen LogP contribution in [0.5, 0.6) is 0 Å². The Kier molecular flexibility index (Phi) is 2.21. The molecule has 17 heavy (non-hydrogen) atoms. The fraction of sp³-hybridized carbons (Fsp3) is 0.231. The third kappa shape index (κ3) is 1.71. The Bertz CT molecular complexity index is 579. The van der Waals surface area contributed by atoms with Gasteiger partial charge in [0.1, 0.15) is 11.3 Å². The molecule has 1 aliphatic rings. The van der Waals surface area contributed by atoms with Gasteiger partial charge in [0.15, 0.2) is 11.8 Å². The molecule has 0 amide bonds. The van der Waals surface area contributed by atoms with E-state index in [-0.39, 0.29) is 12.0 Å². The normalized spacial score (nSPS) is 17.9. The number of carbonyl (C=O) groups excluding carboxylic acids is 1. The number of ether oxygens (including phenoxy) is 1. The Morgan fingerprint density at radius 1 is 1.47 bits per heavy atom. The Morgan fingerprint density at radius 3 is 3.06 bits per heavy atom. The monoisotopic (exact) mass is 229 g/mol. The van der Waals surface area contributed by atoms with Crippen LogP contribution < -0.4 is 0 Å². The third-order valence-electron chi connectivity index (χ3n) is 2.66. The first kappa shape index (κ1) is 10.1. The standard InChI is InChI=1S/C13H11NO3/c1-2-16-13(15)12-11(14-12)10-7-8-5-3-4-6-9(8)17-10/h3-7,11H,2H2,1H3. The van der Waals surface area contributed by atoms with Gasteiger partial charge >= 0.3 is 5.97 Å². The zero-order chi connectivity index (χ0) is 11.8. The summed E-state index contributed by atoms with van der Waals surface area (Å²) in [6, 6.07) is 9.38. The van der Waals surface area contributed by atoms with Crippen molar-refractivity contribution >= 4 is 22.7 Å². The van der Waals surface area contributed by atoms with Gasteiger partial charge in [-0.15, -0.1) is 0 Å². The van der Waals surface area contributed by atoms with Crippen molar-refractivity contribution in [2.75, 3.05) is 6.61 Å². The number of rotatable bonds is 3. The molecule has 1 aliphatic heterocycles. The molecular formula is C13H11NO3. The third-order valence-corrected chi connectivity index (χ3v) is 2.66. The molecule has 2 heterocycles. The highest BCUT2D eigenvalue weighted by Gasteiger charge is 2.39. The average Bonchev–Trinajstić information content (AvgIpc) is 3.02. The van der Waals surface area contributed by atoms with Crippen LogP contribution in [0.25, 0.3) is 11.0 Å². The van der Waals surface area contributed by atoms with Gasteiger partial charge in [0.25, 0.3) is 0 Å². The molecule has 1 aromatic carbocycles. The minimum Gasteiger partial charge on any atom is -0.461 e. The zero-order valence-electron chi connectivity index (χ0n) is 9.34. The molecular weight excluding hydrogens is 218 g/mol. The van der Waals surface area contributed by atoms with Crippen LogP contribution in [0.1, 0.15) is 18.7 Å². The maximum Gasteiger partial charge on any atom is 0.355 e. The number of nitrogens with zero attached hydrogens (tertiary/aromatic N) is 1. The van der Waals surface area contributed by atoms with Crippen molar-refractivity contribution in [3.8, 4) is 0 Å². The van der Waals surface area contributed by atoms with E-state index in [1.807, 2.05) is 30.3 Å². The van der Waals surface area contributed by atoms with Crippen LogP contribution in [0.4, 0.5) is 0 Å². The van der Waals surface area contributed by atoms with Gasteiger partial charge in [0.2, 0.25) is 0 Å². The minimum absolute atomic E-state index is 0.249. The largest absolute Gasteiger partial charge is 0.461 e. The summed E-state index contributed by atoms with van der Waals surface area (Å²) in [6.45, 7) is 2.14. The number of benzene rings is 1. The molecule has 0 aliphatic carbocycles. The molecule has 2 aromatic rings. The Morgan fingerprint density at radius 2 is 2.29 bits per heavy atom. The summed E-state index contributed by atoms with van der Waals surface area (Å²) >= 11 is 0. The van der Waals surface area contributed by atoms with Crippen LogP contribution in [0.2, 0.25) is 0 Å². The lowest BCUT2D eigenvalue weighted by Gasteiger charge is -1.95. The molecule has 86 valence electrons. The second kappa shape index (κ2) is 3.73. The molecule has 0 saturated heterocycles. The number of para-hydroxylation sites is 1. The van der Waals surface area contributed by atoms with Crippen molar-refractivity contribution < 1.29 is 13.9 Å². The van der Waals surface area contributed by atoms with Gasteiger partial charge in [-0.3, -0.25) is 4.99 Å². The predicted molar refractivity (Wildman–Crippen MR) is 63.0 cm³/mol. The number of esters is 1. The van der Waals surface area contributed by atoms with E-state index in [2.05, 4.69) is 4.99 Å². The quantitative estimate of drug-likeness (QED) is 0.760. The molecule has 1 unspecified atom stereocenters. The number of carbonyl (C=O) groups is 1. The van der Waals surface area contributed by atoms with Crippen LogP contribution in [0, 0.1) is 0 Å². The number of fused-ring (bicyclic) bond motifs is 1. The van der Waals surface area contributed by atoms with Crippen LogP contribution in [0.15, 0.2) is 39.7 Å². The lowest BCUT2D eigenvalue weighted by molar-refractivity contribution is -0.134. The fourth-order valence-corrected chi connectivity index (χ4v) is 1.81. The highest BCUT2D eigenvalue weighted by molar-refractivity contribution is 6.44. The van der Waals surface area contributed by atoms with E-state index in [1.54, 1.807) is 6.92 Å². The average molecular weight is 229 g/mol. The van der Waals surface area contributed by atoms with Gasteiger partial charge in [0.05, 0.1) is 6.61 Å². The first-order valence-electron chi connectivity index (χ1n) is 5.53. The van der Waals surface area contributed by atoms with Gasteiger partial charge in [-0.05, 0) is 19.1 Å². The van der Waals surface area contributed by atoms with Gasteiger partial charge in [-0.1, -0.05) is 18.2 Å². The van der Waals surface area contributed by atoms with Crippen molar-refractivity contribution in [3.05, 3.63) is 36.1 Å². The van der Waals surface area contributed by atoms with E-state index in [9.17, 15) is 4.79 Å². The van der Waals surface area contributed by atoms with E-state index < -0.39 is 0 Å². The molecule has 0 bridgehead atoms. The van der Waals surface area contributed by atoms with Crippen molar-refractivity contribution in [1.29, 1.82) is 0 Å².